The number of methoxy groups -OCH3 is 1. The Labute approximate surface area is 138 Å². The molecule has 4 heteroatoms. The van der Waals surface area contributed by atoms with Crippen molar-refractivity contribution in [3.8, 4) is 11.5 Å². The second-order valence-electron chi connectivity index (χ2n) is 6.79. The van der Waals surface area contributed by atoms with Crippen molar-refractivity contribution in [3.05, 3.63) is 23.8 Å². The van der Waals surface area contributed by atoms with Crippen LogP contribution in [-0.2, 0) is 4.79 Å². The highest BCUT2D eigenvalue weighted by atomic mass is 16.5. The monoisotopic (exact) mass is 317 g/mol. The SMILES string of the molecule is COc1cc([C@@H](C)NC(=O)C2CCC2)ccc1OC1CCCC1. The van der Waals surface area contributed by atoms with Crippen LogP contribution < -0.4 is 14.8 Å². The lowest BCUT2D eigenvalue weighted by Crippen LogP contribution is -2.35. The molecule has 0 saturated heterocycles. The van der Waals surface area contributed by atoms with E-state index in [0.29, 0.717) is 6.10 Å². The van der Waals surface area contributed by atoms with E-state index in [-0.39, 0.29) is 17.9 Å². The van der Waals surface area contributed by atoms with Gasteiger partial charge in [0.2, 0.25) is 5.91 Å². The van der Waals surface area contributed by atoms with Crippen molar-refractivity contribution < 1.29 is 14.3 Å². The van der Waals surface area contributed by atoms with Gasteiger partial charge in [0.25, 0.3) is 0 Å². The van der Waals surface area contributed by atoms with Gasteiger partial charge >= 0.3 is 0 Å². The Bertz CT molecular complexity index is 548. The average molecular weight is 317 g/mol. The van der Waals surface area contributed by atoms with Crippen molar-refractivity contribution >= 4 is 5.91 Å². The summed E-state index contributed by atoms with van der Waals surface area (Å²) in [5.41, 5.74) is 1.05. The number of hydrogen-bond acceptors (Lipinski definition) is 3. The predicted octanol–water partition coefficient (Wildman–Crippen LogP) is 3.99. The molecule has 2 aliphatic rings. The van der Waals surface area contributed by atoms with Crippen LogP contribution in [0, 0.1) is 5.92 Å². The van der Waals surface area contributed by atoms with Gasteiger partial charge in [0.15, 0.2) is 11.5 Å². The van der Waals surface area contributed by atoms with Gasteiger partial charge in [0.05, 0.1) is 19.3 Å². The number of benzene rings is 1. The average Bonchev–Trinajstić information content (AvgIpc) is 2.98. The first-order chi connectivity index (χ1) is 11.2. The van der Waals surface area contributed by atoms with E-state index >= 15 is 0 Å². The summed E-state index contributed by atoms with van der Waals surface area (Å²) in [5, 5.41) is 3.11. The van der Waals surface area contributed by atoms with Crippen LogP contribution in [-0.4, -0.2) is 19.1 Å². The molecule has 1 atom stereocenters. The summed E-state index contributed by atoms with van der Waals surface area (Å²) in [6, 6.07) is 5.96. The van der Waals surface area contributed by atoms with Crippen LogP contribution in [0.4, 0.5) is 0 Å². The number of carbonyl (C=O) groups is 1. The van der Waals surface area contributed by atoms with Crippen molar-refractivity contribution in [2.24, 2.45) is 5.92 Å². The van der Waals surface area contributed by atoms with Crippen molar-refractivity contribution in [2.45, 2.75) is 64.0 Å². The fraction of sp³-hybridized carbons (Fsp3) is 0.632. The van der Waals surface area contributed by atoms with Gasteiger partial charge in [0.1, 0.15) is 0 Å². The van der Waals surface area contributed by atoms with Gasteiger partial charge in [-0.25, -0.2) is 0 Å². The van der Waals surface area contributed by atoms with Crippen LogP contribution in [0.15, 0.2) is 18.2 Å². The first-order valence-corrected chi connectivity index (χ1v) is 8.82. The molecule has 1 amide bonds. The molecule has 1 aromatic rings. The zero-order valence-electron chi connectivity index (χ0n) is 14.1. The maximum absolute atomic E-state index is 12.1. The molecular weight excluding hydrogens is 290 g/mol. The molecule has 23 heavy (non-hydrogen) atoms. The first kappa shape index (κ1) is 16.2. The molecular formula is C19H27NO3. The second-order valence-corrected chi connectivity index (χ2v) is 6.79. The molecule has 0 radical (unpaired) electrons. The van der Waals surface area contributed by atoms with Crippen LogP contribution in [0.3, 0.4) is 0 Å². The van der Waals surface area contributed by atoms with Gasteiger partial charge < -0.3 is 14.8 Å². The highest BCUT2D eigenvalue weighted by molar-refractivity contribution is 5.79. The first-order valence-electron chi connectivity index (χ1n) is 8.82. The Morgan fingerprint density at radius 3 is 2.48 bits per heavy atom. The Kier molecular flexibility index (Phi) is 5.09. The van der Waals surface area contributed by atoms with Crippen LogP contribution >= 0.6 is 0 Å². The van der Waals surface area contributed by atoms with E-state index in [0.717, 1.165) is 42.7 Å². The van der Waals surface area contributed by atoms with Gasteiger partial charge in [-0.1, -0.05) is 12.5 Å². The topological polar surface area (TPSA) is 47.6 Å². The zero-order chi connectivity index (χ0) is 16.2. The maximum atomic E-state index is 12.1. The summed E-state index contributed by atoms with van der Waals surface area (Å²) in [6.07, 6.45) is 8.27. The number of hydrogen-bond donors (Lipinski definition) is 1. The Morgan fingerprint density at radius 2 is 1.87 bits per heavy atom. The molecule has 1 N–H and O–H groups in total. The fourth-order valence-electron chi connectivity index (χ4n) is 3.32. The van der Waals surface area contributed by atoms with E-state index in [1.165, 1.54) is 19.3 Å². The number of amides is 1. The molecule has 2 fully saturated rings. The normalized spacial score (nSPS) is 19.9. The van der Waals surface area contributed by atoms with Crippen LogP contribution in [0.25, 0.3) is 0 Å². The summed E-state index contributed by atoms with van der Waals surface area (Å²) >= 11 is 0. The third-order valence-electron chi connectivity index (χ3n) is 5.12. The van der Waals surface area contributed by atoms with Crippen molar-refractivity contribution in [3.63, 3.8) is 0 Å². The third kappa shape index (κ3) is 3.80. The zero-order valence-corrected chi connectivity index (χ0v) is 14.1. The third-order valence-corrected chi connectivity index (χ3v) is 5.12. The molecule has 1 aromatic carbocycles. The van der Waals surface area contributed by atoms with E-state index in [2.05, 4.69) is 5.32 Å². The Hall–Kier alpha value is -1.71. The van der Waals surface area contributed by atoms with Gasteiger partial charge in [-0.3, -0.25) is 4.79 Å². The minimum Gasteiger partial charge on any atom is -0.493 e. The minimum absolute atomic E-state index is 0.0162. The number of carbonyl (C=O) groups excluding carboxylic acids is 1. The van der Waals surface area contributed by atoms with E-state index in [1.807, 2.05) is 25.1 Å². The van der Waals surface area contributed by atoms with Crippen molar-refractivity contribution in [2.75, 3.05) is 7.11 Å². The minimum atomic E-state index is -0.0162. The molecule has 0 bridgehead atoms. The summed E-state index contributed by atoms with van der Waals surface area (Å²) in [7, 11) is 1.66. The summed E-state index contributed by atoms with van der Waals surface area (Å²) < 4.78 is 11.6. The standard InChI is InChI=1S/C19H27NO3/c1-13(20-19(21)14-6-5-7-14)15-10-11-17(18(12-15)22-2)23-16-8-3-4-9-16/h10-14,16H,3-9H2,1-2H3,(H,20,21)/t13-/m1/s1. The molecule has 126 valence electrons. The molecule has 4 nitrogen and oxygen atoms in total. The smallest absolute Gasteiger partial charge is 0.223 e. The second kappa shape index (κ2) is 7.24. The van der Waals surface area contributed by atoms with E-state index < -0.39 is 0 Å². The van der Waals surface area contributed by atoms with Crippen LogP contribution in [0.5, 0.6) is 11.5 Å². The van der Waals surface area contributed by atoms with Crippen LogP contribution in [0.1, 0.15) is 63.5 Å². The van der Waals surface area contributed by atoms with E-state index in [4.69, 9.17) is 9.47 Å². The predicted molar refractivity (Wildman–Crippen MR) is 89.8 cm³/mol. The van der Waals surface area contributed by atoms with E-state index in [9.17, 15) is 4.79 Å². The largest absolute Gasteiger partial charge is 0.493 e. The maximum Gasteiger partial charge on any atom is 0.223 e. The summed E-state index contributed by atoms with van der Waals surface area (Å²) in [5.74, 6) is 1.94. The molecule has 0 aromatic heterocycles. The number of ether oxygens (including phenoxy) is 2. The quantitative estimate of drug-likeness (QED) is 0.863. The molecule has 0 unspecified atom stereocenters. The lowest BCUT2D eigenvalue weighted by atomic mass is 9.84. The van der Waals surface area contributed by atoms with Crippen LogP contribution in [0.2, 0.25) is 0 Å². The highest BCUT2D eigenvalue weighted by Crippen LogP contribution is 2.34. The highest BCUT2D eigenvalue weighted by Gasteiger charge is 2.26. The van der Waals surface area contributed by atoms with Gasteiger partial charge in [-0.05, 0) is 63.1 Å². The molecule has 0 heterocycles. The van der Waals surface area contributed by atoms with Gasteiger partial charge in [0, 0.05) is 5.92 Å². The van der Waals surface area contributed by atoms with Gasteiger partial charge in [-0.2, -0.15) is 0 Å². The van der Waals surface area contributed by atoms with Gasteiger partial charge in [-0.15, -0.1) is 0 Å². The lowest BCUT2D eigenvalue weighted by Gasteiger charge is -2.26. The number of rotatable bonds is 6. The van der Waals surface area contributed by atoms with E-state index in [1.54, 1.807) is 7.11 Å². The molecule has 0 aliphatic heterocycles. The van der Waals surface area contributed by atoms with Crippen molar-refractivity contribution in [1.82, 2.24) is 5.32 Å². The summed E-state index contributed by atoms with van der Waals surface area (Å²) in [6.45, 7) is 2.02. The Balaban J connectivity index is 1.65. The fourth-order valence-corrected chi connectivity index (χ4v) is 3.32. The molecule has 0 spiro atoms. The molecule has 2 aliphatic carbocycles. The van der Waals surface area contributed by atoms with Crippen molar-refractivity contribution in [1.29, 1.82) is 0 Å². The Morgan fingerprint density at radius 1 is 1.13 bits per heavy atom. The lowest BCUT2D eigenvalue weighted by molar-refractivity contribution is -0.128. The molecule has 2 saturated carbocycles. The molecule has 3 rings (SSSR count). The number of nitrogens with one attached hydrogen (secondary N) is 1. The summed E-state index contributed by atoms with van der Waals surface area (Å²) in [4.78, 5) is 12.1.